The number of ether oxygens (including phenoxy) is 1. The third-order valence-corrected chi connectivity index (χ3v) is 6.01. The third-order valence-electron chi connectivity index (χ3n) is 4.77. The van der Waals surface area contributed by atoms with E-state index in [0.29, 0.717) is 11.4 Å². The van der Waals surface area contributed by atoms with Gasteiger partial charge in [0, 0.05) is 0 Å². The molecule has 0 radical (unpaired) electrons. The predicted octanol–water partition coefficient (Wildman–Crippen LogP) is 3.50. The third kappa shape index (κ3) is 5.30. The molecule has 1 N–H and O–H groups in total. The summed E-state index contributed by atoms with van der Waals surface area (Å²) in [7, 11) is -3.63. The number of carbonyl (C=O) groups excluding carboxylic acids is 1. The normalized spacial score (nSPS) is 12.4. The number of hydrogen-bond donors (Lipinski definition) is 1. The Labute approximate surface area is 177 Å². The van der Waals surface area contributed by atoms with Crippen LogP contribution in [0.15, 0.2) is 66.7 Å². The molecule has 0 aliphatic carbocycles. The van der Waals surface area contributed by atoms with Gasteiger partial charge >= 0.3 is 0 Å². The van der Waals surface area contributed by atoms with E-state index in [4.69, 9.17) is 4.74 Å². The van der Waals surface area contributed by atoms with Gasteiger partial charge in [-0.25, -0.2) is 8.42 Å². The molecular formula is C23H26N2O4S. The minimum atomic E-state index is -3.63. The molecule has 7 heteroatoms. The largest absolute Gasteiger partial charge is 0.492 e. The van der Waals surface area contributed by atoms with E-state index in [1.807, 2.05) is 61.5 Å². The molecule has 0 saturated heterocycles. The maximum absolute atomic E-state index is 12.6. The molecule has 30 heavy (non-hydrogen) atoms. The number of benzene rings is 3. The van der Waals surface area contributed by atoms with Crippen molar-refractivity contribution < 1.29 is 17.9 Å². The number of nitrogens with zero attached hydrogens (tertiary/aromatic N) is 1. The summed E-state index contributed by atoms with van der Waals surface area (Å²) in [5.74, 6) is 0.330. The summed E-state index contributed by atoms with van der Waals surface area (Å²) < 4.78 is 31.5. The first-order valence-corrected chi connectivity index (χ1v) is 11.6. The molecule has 1 amide bonds. The Kier molecular flexibility index (Phi) is 6.62. The summed E-state index contributed by atoms with van der Waals surface area (Å²) in [6, 6.07) is 19.9. The number of amides is 1. The lowest BCUT2D eigenvalue weighted by Crippen LogP contribution is -2.48. The molecule has 0 heterocycles. The zero-order valence-corrected chi connectivity index (χ0v) is 18.1. The highest BCUT2D eigenvalue weighted by atomic mass is 32.2. The molecule has 6 nitrogen and oxygen atoms in total. The molecule has 3 aromatic rings. The van der Waals surface area contributed by atoms with Gasteiger partial charge in [-0.2, -0.15) is 0 Å². The Morgan fingerprint density at radius 1 is 1.03 bits per heavy atom. The van der Waals surface area contributed by atoms with Crippen LogP contribution in [0.2, 0.25) is 0 Å². The Hall–Kier alpha value is -3.06. The molecule has 0 unspecified atom stereocenters. The quantitative estimate of drug-likeness (QED) is 0.560. The molecule has 0 fully saturated rings. The molecular weight excluding hydrogens is 400 g/mol. The van der Waals surface area contributed by atoms with Gasteiger partial charge in [-0.05, 0) is 48.9 Å². The molecule has 3 rings (SSSR count). The summed E-state index contributed by atoms with van der Waals surface area (Å²) in [5, 5.41) is 4.96. The van der Waals surface area contributed by atoms with Gasteiger partial charge in [0.2, 0.25) is 15.9 Å². The highest BCUT2D eigenvalue weighted by molar-refractivity contribution is 7.92. The Morgan fingerprint density at radius 2 is 1.70 bits per heavy atom. The molecule has 3 aromatic carbocycles. The second-order valence-electron chi connectivity index (χ2n) is 7.22. The topological polar surface area (TPSA) is 75.7 Å². The van der Waals surface area contributed by atoms with Crippen LogP contribution in [0.25, 0.3) is 10.8 Å². The minimum Gasteiger partial charge on any atom is -0.492 e. The maximum atomic E-state index is 12.6. The number of carbonyl (C=O) groups is 1. The monoisotopic (exact) mass is 426 g/mol. The predicted molar refractivity (Wildman–Crippen MR) is 120 cm³/mol. The van der Waals surface area contributed by atoms with E-state index in [9.17, 15) is 13.2 Å². The Balaban J connectivity index is 1.58. The number of hydrogen-bond acceptors (Lipinski definition) is 4. The van der Waals surface area contributed by atoms with Gasteiger partial charge in [0.15, 0.2) is 0 Å². The summed E-state index contributed by atoms with van der Waals surface area (Å²) in [6.45, 7) is 4.03. The van der Waals surface area contributed by atoms with Gasteiger partial charge < -0.3 is 10.1 Å². The summed E-state index contributed by atoms with van der Waals surface area (Å²) in [4.78, 5) is 12.6. The summed E-state index contributed by atoms with van der Waals surface area (Å²) in [6.07, 6.45) is 1.10. The first-order valence-electron chi connectivity index (χ1n) is 9.71. The average molecular weight is 427 g/mol. The lowest BCUT2D eigenvalue weighted by molar-refractivity contribution is -0.121. The first kappa shape index (κ1) is 21.6. The second-order valence-corrected chi connectivity index (χ2v) is 9.08. The standard InChI is InChI=1S/C23H26N2O4S/c1-17-8-11-21(12-9-17)25(30(3,27)28)18(2)23(26)24-14-15-29-22-13-10-19-6-4-5-7-20(19)16-22/h4-13,16,18H,14-15H2,1-3H3,(H,24,26)/t18-/m0/s1. The smallest absolute Gasteiger partial charge is 0.243 e. The van der Waals surface area contributed by atoms with Crippen LogP contribution in [0.1, 0.15) is 12.5 Å². The van der Waals surface area contributed by atoms with Crippen LogP contribution in [0.3, 0.4) is 0 Å². The molecule has 1 atom stereocenters. The number of nitrogens with one attached hydrogen (secondary N) is 1. The van der Waals surface area contributed by atoms with E-state index < -0.39 is 16.1 Å². The van der Waals surface area contributed by atoms with Crippen molar-refractivity contribution in [2.75, 3.05) is 23.7 Å². The minimum absolute atomic E-state index is 0.265. The van der Waals surface area contributed by atoms with E-state index in [1.54, 1.807) is 19.1 Å². The lowest BCUT2D eigenvalue weighted by atomic mass is 10.1. The molecule has 0 bridgehead atoms. The number of anilines is 1. The zero-order valence-electron chi connectivity index (χ0n) is 17.3. The van der Waals surface area contributed by atoms with Crippen molar-refractivity contribution in [2.24, 2.45) is 0 Å². The lowest BCUT2D eigenvalue weighted by Gasteiger charge is -2.28. The van der Waals surface area contributed by atoms with Crippen molar-refractivity contribution in [1.29, 1.82) is 0 Å². The molecule has 0 saturated carbocycles. The number of fused-ring (bicyclic) bond motifs is 1. The first-order chi connectivity index (χ1) is 14.3. The Morgan fingerprint density at radius 3 is 2.37 bits per heavy atom. The second kappa shape index (κ2) is 9.17. The zero-order chi connectivity index (χ0) is 21.7. The summed E-state index contributed by atoms with van der Waals surface area (Å²) in [5.41, 5.74) is 1.47. The van der Waals surface area contributed by atoms with Crippen molar-refractivity contribution in [3.8, 4) is 5.75 Å². The highest BCUT2D eigenvalue weighted by Gasteiger charge is 2.28. The van der Waals surface area contributed by atoms with Gasteiger partial charge in [-0.15, -0.1) is 0 Å². The maximum Gasteiger partial charge on any atom is 0.243 e. The van der Waals surface area contributed by atoms with Crippen LogP contribution in [0.4, 0.5) is 5.69 Å². The van der Waals surface area contributed by atoms with Crippen molar-refractivity contribution in [1.82, 2.24) is 5.32 Å². The fraction of sp³-hybridized carbons (Fsp3) is 0.261. The van der Waals surface area contributed by atoms with E-state index in [2.05, 4.69) is 5.32 Å². The Bertz CT molecular complexity index is 1130. The number of sulfonamides is 1. The van der Waals surface area contributed by atoms with Crippen LogP contribution in [0.5, 0.6) is 5.75 Å². The van der Waals surface area contributed by atoms with Crippen LogP contribution in [-0.4, -0.2) is 39.8 Å². The van der Waals surface area contributed by atoms with Gasteiger partial charge in [0.05, 0.1) is 18.5 Å². The van der Waals surface area contributed by atoms with E-state index in [1.165, 1.54) is 0 Å². The van der Waals surface area contributed by atoms with E-state index in [-0.39, 0.29) is 19.1 Å². The van der Waals surface area contributed by atoms with Crippen LogP contribution in [0, 0.1) is 6.92 Å². The molecule has 158 valence electrons. The van der Waals surface area contributed by atoms with Gasteiger partial charge in [0.25, 0.3) is 0 Å². The number of aryl methyl sites for hydroxylation is 1. The SMILES string of the molecule is Cc1ccc(N([C@@H](C)C(=O)NCCOc2ccc3ccccc3c2)S(C)(=O)=O)cc1. The van der Waals surface area contributed by atoms with E-state index >= 15 is 0 Å². The molecule has 0 aliphatic heterocycles. The highest BCUT2D eigenvalue weighted by Crippen LogP contribution is 2.22. The fourth-order valence-corrected chi connectivity index (χ4v) is 4.42. The van der Waals surface area contributed by atoms with Gasteiger partial charge in [0.1, 0.15) is 18.4 Å². The van der Waals surface area contributed by atoms with Gasteiger partial charge in [-0.1, -0.05) is 48.0 Å². The van der Waals surface area contributed by atoms with Crippen molar-refractivity contribution in [3.05, 3.63) is 72.3 Å². The average Bonchev–Trinajstić information content (AvgIpc) is 2.71. The van der Waals surface area contributed by atoms with Crippen molar-refractivity contribution in [2.45, 2.75) is 19.9 Å². The van der Waals surface area contributed by atoms with Crippen LogP contribution < -0.4 is 14.4 Å². The fourth-order valence-electron chi connectivity index (χ4n) is 3.25. The van der Waals surface area contributed by atoms with Crippen LogP contribution >= 0.6 is 0 Å². The molecule has 0 aromatic heterocycles. The van der Waals surface area contributed by atoms with E-state index in [0.717, 1.165) is 26.9 Å². The van der Waals surface area contributed by atoms with Crippen molar-refractivity contribution in [3.63, 3.8) is 0 Å². The molecule has 0 aliphatic rings. The van der Waals surface area contributed by atoms with Crippen molar-refractivity contribution >= 4 is 32.4 Å². The van der Waals surface area contributed by atoms with Gasteiger partial charge in [-0.3, -0.25) is 9.10 Å². The van der Waals surface area contributed by atoms with Crippen LogP contribution in [-0.2, 0) is 14.8 Å². The summed E-state index contributed by atoms with van der Waals surface area (Å²) >= 11 is 0. The number of rotatable bonds is 8. The molecule has 0 spiro atoms.